The SMILES string of the molecule is CCCc1ccc(CCCCBr)cc1. The molecule has 0 fully saturated rings. The first-order valence-electron chi connectivity index (χ1n) is 5.50. The van der Waals surface area contributed by atoms with E-state index >= 15 is 0 Å². The third-order valence-electron chi connectivity index (χ3n) is 2.41. The highest BCUT2D eigenvalue weighted by molar-refractivity contribution is 9.09. The molecule has 1 aromatic carbocycles. The topological polar surface area (TPSA) is 0 Å². The van der Waals surface area contributed by atoms with Gasteiger partial charge in [0.25, 0.3) is 0 Å². The number of aryl methyl sites for hydroxylation is 2. The van der Waals surface area contributed by atoms with Crippen molar-refractivity contribution in [1.82, 2.24) is 0 Å². The number of halogens is 1. The number of benzene rings is 1. The Morgan fingerprint density at radius 3 is 2.00 bits per heavy atom. The van der Waals surface area contributed by atoms with E-state index in [1.54, 1.807) is 0 Å². The van der Waals surface area contributed by atoms with Gasteiger partial charge in [-0.1, -0.05) is 53.5 Å². The maximum Gasteiger partial charge on any atom is 0.00314 e. The molecule has 0 aliphatic carbocycles. The van der Waals surface area contributed by atoms with E-state index in [4.69, 9.17) is 0 Å². The van der Waals surface area contributed by atoms with Crippen molar-refractivity contribution in [2.45, 2.75) is 39.0 Å². The Labute approximate surface area is 95.9 Å². The van der Waals surface area contributed by atoms with E-state index in [-0.39, 0.29) is 0 Å². The Kier molecular flexibility index (Phi) is 5.93. The molecule has 0 saturated carbocycles. The molecular formula is C13H19Br. The monoisotopic (exact) mass is 254 g/mol. The second-order valence-electron chi connectivity index (χ2n) is 3.71. The summed E-state index contributed by atoms with van der Waals surface area (Å²) in [5.74, 6) is 0. The fourth-order valence-electron chi connectivity index (χ4n) is 1.58. The van der Waals surface area contributed by atoms with Gasteiger partial charge < -0.3 is 0 Å². The van der Waals surface area contributed by atoms with E-state index in [1.807, 2.05) is 0 Å². The van der Waals surface area contributed by atoms with Gasteiger partial charge in [0.1, 0.15) is 0 Å². The minimum atomic E-state index is 1.13. The van der Waals surface area contributed by atoms with E-state index in [0.717, 1.165) is 5.33 Å². The molecule has 0 saturated heterocycles. The normalized spacial score (nSPS) is 10.4. The lowest BCUT2D eigenvalue weighted by Gasteiger charge is -2.02. The molecule has 0 aliphatic heterocycles. The lowest BCUT2D eigenvalue weighted by atomic mass is 10.0. The van der Waals surface area contributed by atoms with Crippen LogP contribution in [0.1, 0.15) is 37.3 Å². The van der Waals surface area contributed by atoms with Crippen molar-refractivity contribution in [2.24, 2.45) is 0 Å². The zero-order chi connectivity index (χ0) is 10.2. The molecule has 0 spiro atoms. The van der Waals surface area contributed by atoms with Gasteiger partial charge in [-0.25, -0.2) is 0 Å². The summed E-state index contributed by atoms with van der Waals surface area (Å²) >= 11 is 3.46. The molecule has 1 aromatic rings. The molecule has 0 heterocycles. The number of unbranched alkanes of at least 4 members (excludes halogenated alkanes) is 1. The largest absolute Gasteiger partial charge is 0.0928 e. The smallest absolute Gasteiger partial charge is 0.00314 e. The molecule has 0 atom stereocenters. The van der Waals surface area contributed by atoms with Gasteiger partial charge in [0.05, 0.1) is 0 Å². The van der Waals surface area contributed by atoms with E-state index in [9.17, 15) is 0 Å². The molecule has 0 nitrogen and oxygen atoms in total. The summed E-state index contributed by atoms with van der Waals surface area (Å²) in [4.78, 5) is 0. The van der Waals surface area contributed by atoms with Crippen LogP contribution in [0.3, 0.4) is 0 Å². The van der Waals surface area contributed by atoms with Crippen LogP contribution >= 0.6 is 15.9 Å². The van der Waals surface area contributed by atoms with Crippen LogP contribution in [0.4, 0.5) is 0 Å². The standard InChI is InChI=1S/C13H19Br/c1-2-5-12-7-9-13(10-8-12)6-3-4-11-14/h7-10H,2-6,11H2,1H3. The summed E-state index contributed by atoms with van der Waals surface area (Å²) in [6.45, 7) is 2.23. The van der Waals surface area contributed by atoms with Crippen molar-refractivity contribution in [2.75, 3.05) is 5.33 Å². The van der Waals surface area contributed by atoms with Gasteiger partial charge in [0, 0.05) is 5.33 Å². The van der Waals surface area contributed by atoms with Gasteiger partial charge in [0.2, 0.25) is 0 Å². The molecule has 0 unspecified atom stereocenters. The highest BCUT2D eigenvalue weighted by Crippen LogP contribution is 2.09. The first kappa shape index (κ1) is 11.8. The van der Waals surface area contributed by atoms with Gasteiger partial charge >= 0.3 is 0 Å². The van der Waals surface area contributed by atoms with Crippen LogP contribution < -0.4 is 0 Å². The summed E-state index contributed by atoms with van der Waals surface area (Å²) in [5, 5.41) is 1.13. The zero-order valence-electron chi connectivity index (χ0n) is 8.93. The summed E-state index contributed by atoms with van der Waals surface area (Å²) in [6.07, 6.45) is 6.23. The molecule has 0 aromatic heterocycles. The minimum Gasteiger partial charge on any atom is -0.0928 e. The fraction of sp³-hybridized carbons (Fsp3) is 0.538. The van der Waals surface area contributed by atoms with Crippen molar-refractivity contribution < 1.29 is 0 Å². The van der Waals surface area contributed by atoms with Crippen LogP contribution in [0.2, 0.25) is 0 Å². The summed E-state index contributed by atoms with van der Waals surface area (Å²) in [5.41, 5.74) is 2.95. The predicted octanol–water partition coefficient (Wildman–Crippen LogP) is 4.36. The van der Waals surface area contributed by atoms with Crippen molar-refractivity contribution >= 4 is 15.9 Å². The quantitative estimate of drug-likeness (QED) is 0.523. The molecule has 0 N–H and O–H groups in total. The highest BCUT2D eigenvalue weighted by Gasteiger charge is 1.94. The van der Waals surface area contributed by atoms with Gasteiger partial charge in [0.15, 0.2) is 0 Å². The summed E-state index contributed by atoms with van der Waals surface area (Å²) in [6, 6.07) is 9.10. The van der Waals surface area contributed by atoms with Gasteiger partial charge in [-0.05, 0) is 36.8 Å². The molecule has 1 rings (SSSR count). The Hall–Kier alpha value is -0.300. The Bertz CT molecular complexity index is 238. The highest BCUT2D eigenvalue weighted by atomic mass is 79.9. The third kappa shape index (κ3) is 4.28. The number of hydrogen-bond donors (Lipinski definition) is 0. The average Bonchev–Trinajstić information content (AvgIpc) is 2.21. The zero-order valence-corrected chi connectivity index (χ0v) is 10.5. The van der Waals surface area contributed by atoms with Crippen molar-refractivity contribution in [1.29, 1.82) is 0 Å². The Morgan fingerprint density at radius 1 is 0.929 bits per heavy atom. The number of alkyl halides is 1. The molecule has 0 bridgehead atoms. The van der Waals surface area contributed by atoms with Crippen LogP contribution in [0, 0.1) is 0 Å². The molecular weight excluding hydrogens is 236 g/mol. The third-order valence-corrected chi connectivity index (χ3v) is 2.97. The van der Waals surface area contributed by atoms with Crippen LogP contribution in [-0.4, -0.2) is 5.33 Å². The van der Waals surface area contributed by atoms with Gasteiger partial charge in [-0.2, -0.15) is 0 Å². The fourth-order valence-corrected chi connectivity index (χ4v) is 1.98. The Balaban J connectivity index is 2.38. The molecule has 14 heavy (non-hydrogen) atoms. The van der Waals surface area contributed by atoms with Crippen LogP contribution in [0.5, 0.6) is 0 Å². The van der Waals surface area contributed by atoms with E-state index in [0.29, 0.717) is 0 Å². The first-order valence-corrected chi connectivity index (χ1v) is 6.62. The second-order valence-corrected chi connectivity index (χ2v) is 4.51. The van der Waals surface area contributed by atoms with Crippen LogP contribution in [0.25, 0.3) is 0 Å². The molecule has 78 valence electrons. The van der Waals surface area contributed by atoms with Crippen molar-refractivity contribution in [3.8, 4) is 0 Å². The summed E-state index contributed by atoms with van der Waals surface area (Å²) in [7, 11) is 0. The number of rotatable bonds is 6. The second kappa shape index (κ2) is 7.05. The van der Waals surface area contributed by atoms with E-state index in [1.165, 1.54) is 43.2 Å². The van der Waals surface area contributed by atoms with Gasteiger partial charge in [-0.15, -0.1) is 0 Å². The lowest BCUT2D eigenvalue weighted by Crippen LogP contribution is -1.88. The lowest BCUT2D eigenvalue weighted by molar-refractivity contribution is 0.805. The predicted molar refractivity (Wildman–Crippen MR) is 67.2 cm³/mol. The summed E-state index contributed by atoms with van der Waals surface area (Å²) < 4.78 is 0. The first-order chi connectivity index (χ1) is 6.86. The molecule has 0 amide bonds. The average molecular weight is 255 g/mol. The van der Waals surface area contributed by atoms with Crippen LogP contribution in [-0.2, 0) is 12.8 Å². The number of hydrogen-bond acceptors (Lipinski definition) is 0. The van der Waals surface area contributed by atoms with E-state index < -0.39 is 0 Å². The van der Waals surface area contributed by atoms with Gasteiger partial charge in [-0.3, -0.25) is 0 Å². The van der Waals surface area contributed by atoms with E-state index in [2.05, 4.69) is 47.1 Å². The maximum absolute atomic E-state index is 3.46. The Morgan fingerprint density at radius 2 is 1.50 bits per heavy atom. The molecule has 0 aliphatic rings. The van der Waals surface area contributed by atoms with Crippen molar-refractivity contribution in [3.05, 3.63) is 35.4 Å². The van der Waals surface area contributed by atoms with Crippen LogP contribution in [0.15, 0.2) is 24.3 Å². The molecule has 0 radical (unpaired) electrons. The maximum atomic E-state index is 3.46. The molecule has 1 heteroatoms. The minimum absolute atomic E-state index is 1.13. The van der Waals surface area contributed by atoms with Crippen molar-refractivity contribution in [3.63, 3.8) is 0 Å².